The molecule has 1 heterocycles. The van der Waals surface area contributed by atoms with Gasteiger partial charge in [0.15, 0.2) is 11.5 Å². The summed E-state index contributed by atoms with van der Waals surface area (Å²) in [6.45, 7) is 2.01. The highest BCUT2D eigenvalue weighted by molar-refractivity contribution is 6.07. The minimum Gasteiger partial charge on any atom is -0.435 e. The van der Waals surface area contributed by atoms with Crippen LogP contribution < -0.4 is 10.2 Å². The van der Waals surface area contributed by atoms with Gasteiger partial charge in [-0.2, -0.15) is 0 Å². The van der Waals surface area contributed by atoms with Crippen molar-refractivity contribution in [3.63, 3.8) is 0 Å². The molecule has 0 spiro atoms. The highest BCUT2D eigenvalue weighted by atomic mass is 16.4. The Morgan fingerprint density at radius 2 is 1.39 bits per heavy atom. The van der Waals surface area contributed by atoms with Crippen LogP contribution in [0.1, 0.15) is 16.1 Å². The van der Waals surface area contributed by atoms with Crippen LogP contribution in [0, 0.1) is 6.92 Å². The molecule has 36 heavy (non-hydrogen) atoms. The predicted molar refractivity (Wildman–Crippen MR) is 146 cm³/mol. The lowest BCUT2D eigenvalue weighted by atomic mass is 10.00. The quantitative estimate of drug-likeness (QED) is 0.281. The number of anilines is 2. The van der Waals surface area contributed by atoms with E-state index in [0.29, 0.717) is 17.3 Å². The van der Waals surface area contributed by atoms with Gasteiger partial charge in [0.25, 0.3) is 5.91 Å². The van der Waals surface area contributed by atoms with E-state index in [2.05, 4.69) is 5.32 Å². The molecule has 0 aliphatic rings. The lowest BCUT2D eigenvalue weighted by Gasteiger charge is -2.12. The summed E-state index contributed by atoms with van der Waals surface area (Å²) in [5.41, 5.74) is 6.76. The molecular weight excluding hydrogens is 446 g/mol. The summed E-state index contributed by atoms with van der Waals surface area (Å²) in [5, 5.41) is 2.97. The second-order valence-electron chi connectivity index (χ2n) is 8.87. The maximum atomic E-state index is 13.4. The Labute approximate surface area is 211 Å². The summed E-state index contributed by atoms with van der Waals surface area (Å²) in [7, 11) is 3.98. The monoisotopic (exact) mass is 473 g/mol. The van der Waals surface area contributed by atoms with Crippen LogP contribution in [0.25, 0.3) is 33.9 Å². The molecule has 0 aliphatic carbocycles. The lowest BCUT2D eigenvalue weighted by molar-refractivity contribution is 0.102. The Balaban J connectivity index is 1.61. The number of rotatable bonds is 6. The van der Waals surface area contributed by atoms with Crippen LogP contribution in [0.5, 0.6) is 0 Å². The molecule has 178 valence electrons. The fourth-order valence-electron chi connectivity index (χ4n) is 4.06. The van der Waals surface area contributed by atoms with Gasteiger partial charge in [-0.15, -0.1) is 0 Å². The Bertz CT molecular complexity index is 1490. The number of amides is 1. The molecule has 5 aromatic rings. The van der Waals surface area contributed by atoms with Crippen molar-refractivity contribution in [1.82, 2.24) is 4.98 Å². The average Bonchev–Trinajstić information content (AvgIpc) is 3.36. The average molecular weight is 474 g/mol. The lowest BCUT2D eigenvalue weighted by Crippen LogP contribution is -2.13. The Morgan fingerprint density at radius 3 is 2.06 bits per heavy atom. The smallest absolute Gasteiger partial charge is 0.278 e. The summed E-state index contributed by atoms with van der Waals surface area (Å²) in [6.07, 6.45) is 0. The van der Waals surface area contributed by atoms with Gasteiger partial charge in [0.2, 0.25) is 5.89 Å². The normalized spacial score (nSPS) is 10.8. The zero-order chi connectivity index (χ0) is 25.1. The molecule has 5 nitrogen and oxygen atoms in total. The minimum atomic E-state index is -0.322. The van der Waals surface area contributed by atoms with E-state index in [-0.39, 0.29) is 11.6 Å². The Hall–Kier alpha value is -4.64. The molecule has 0 aliphatic heterocycles. The molecule has 0 saturated heterocycles. The van der Waals surface area contributed by atoms with Crippen molar-refractivity contribution < 1.29 is 9.21 Å². The van der Waals surface area contributed by atoms with Gasteiger partial charge in [-0.1, -0.05) is 66.2 Å². The molecule has 0 saturated carbocycles. The van der Waals surface area contributed by atoms with E-state index in [9.17, 15) is 4.79 Å². The molecular formula is C31H27N3O2. The minimum absolute atomic E-state index is 0.242. The van der Waals surface area contributed by atoms with Crippen LogP contribution >= 0.6 is 0 Å². The number of hydrogen-bond donors (Lipinski definition) is 1. The van der Waals surface area contributed by atoms with Crippen LogP contribution in [0.4, 0.5) is 11.4 Å². The Morgan fingerprint density at radius 1 is 0.750 bits per heavy atom. The topological polar surface area (TPSA) is 58.4 Å². The molecule has 1 aromatic heterocycles. The van der Waals surface area contributed by atoms with Crippen molar-refractivity contribution in [1.29, 1.82) is 0 Å². The molecule has 5 rings (SSSR count). The van der Waals surface area contributed by atoms with E-state index < -0.39 is 0 Å². The first-order valence-electron chi connectivity index (χ1n) is 11.8. The van der Waals surface area contributed by atoms with Crippen molar-refractivity contribution in [2.24, 2.45) is 0 Å². The zero-order valence-electron chi connectivity index (χ0n) is 20.5. The number of nitrogens with one attached hydrogen (secondary N) is 1. The van der Waals surface area contributed by atoms with E-state index in [1.165, 1.54) is 0 Å². The van der Waals surface area contributed by atoms with Crippen LogP contribution in [0.15, 0.2) is 108 Å². The first kappa shape index (κ1) is 23.1. The first-order chi connectivity index (χ1) is 17.5. The summed E-state index contributed by atoms with van der Waals surface area (Å²) in [5.74, 6) is 0.510. The number of nitrogens with zero attached hydrogens (tertiary/aromatic N) is 2. The largest absolute Gasteiger partial charge is 0.435 e. The van der Waals surface area contributed by atoms with E-state index in [1.54, 1.807) is 0 Å². The SMILES string of the molecule is Cc1ccc(NC(=O)c2nc(-c3ccccc3-c3ccccc3)oc2-c2ccc(N(C)C)cc2)cc1. The molecule has 0 unspecified atom stereocenters. The highest BCUT2D eigenvalue weighted by Gasteiger charge is 2.24. The van der Waals surface area contributed by atoms with E-state index in [1.807, 2.05) is 129 Å². The zero-order valence-corrected chi connectivity index (χ0v) is 20.5. The fourth-order valence-corrected chi connectivity index (χ4v) is 4.06. The number of aryl methyl sites for hydroxylation is 1. The molecule has 0 bridgehead atoms. The van der Waals surface area contributed by atoms with Crippen LogP contribution in [0.3, 0.4) is 0 Å². The number of aromatic nitrogens is 1. The van der Waals surface area contributed by atoms with Crippen LogP contribution in [-0.4, -0.2) is 25.0 Å². The maximum Gasteiger partial charge on any atom is 0.278 e. The third-order valence-corrected chi connectivity index (χ3v) is 6.04. The second kappa shape index (κ2) is 9.92. The van der Waals surface area contributed by atoms with Gasteiger partial charge < -0.3 is 14.6 Å². The van der Waals surface area contributed by atoms with Crippen LogP contribution in [0.2, 0.25) is 0 Å². The molecule has 0 atom stereocenters. The van der Waals surface area contributed by atoms with Crippen molar-refractivity contribution in [3.05, 3.63) is 114 Å². The van der Waals surface area contributed by atoms with Crippen molar-refractivity contribution >= 4 is 17.3 Å². The summed E-state index contributed by atoms with van der Waals surface area (Å²) in [4.78, 5) is 20.2. The van der Waals surface area contributed by atoms with Crippen molar-refractivity contribution in [2.45, 2.75) is 6.92 Å². The first-order valence-corrected chi connectivity index (χ1v) is 11.8. The van der Waals surface area contributed by atoms with Gasteiger partial charge in [-0.3, -0.25) is 4.79 Å². The van der Waals surface area contributed by atoms with Gasteiger partial charge in [0, 0.05) is 36.6 Å². The highest BCUT2D eigenvalue weighted by Crippen LogP contribution is 2.36. The third kappa shape index (κ3) is 4.77. The van der Waals surface area contributed by atoms with Gasteiger partial charge in [-0.25, -0.2) is 4.98 Å². The Kier molecular flexibility index (Phi) is 6.37. The summed E-state index contributed by atoms with van der Waals surface area (Å²) >= 11 is 0. The van der Waals surface area contributed by atoms with E-state index in [0.717, 1.165) is 33.5 Å². The number of carbonyl (C=O) groups excluding carboxylic acids is 1. The van der Waals surface area contributed by atoms with Gasteiger partial charge in [0.05, 0.1) is 0 Å². The third-order valence-electron chi connectivity index (χ3n) is 6.04. The van der Waals surface area contributed by atoms with Gasteiger partial charge >= 0.3 is 0 Å². The molecule has 1 N–H and O–H groups in total. The summed E-state index contributed by atoms with van der Waals surface area (Å²) in [6, 6.07) is 33.6. The molecule has 4 aromatic carbocycles. The number of hydrogen-bond acceptors (Lipinski definition) is 4. The molecule has 1 amide bonds. The molecule has 5 heteroatoms. The fraction of sp³-hybridized carbons (Fsp3) is 0.0968. The van der Waals surface area contributed by atoms with Gasteiger partial charge in [-0.05, 0) is 60.5 Å². The van der Waals surface area contributed by atoms with Crippen molar-refractivity contribution in [2.75, 3.05) is 24.3 Å². The standard InChI is InChI=1S/C31H27N3O2/c1-21-13-17-24(18-14-21)32-30(35)28-29(23-15-19-25(20-16-23)34(2)3)36-31(33-28)27-12-8-7-11-26(27)22-9-5-4-6-10-22/h4-20H,1-3H3,(H,32,35). The van der Waals surface area contributed by atoms with Gasteiger partial charge in [0.1, 0.15) is 0 Å². The van der Waals surface area contributed by atoms with Crippen molar-refractivity contribution in [3.8, 4) is 33.9 Å². The molecule has 0 fully saturated rings. The number of benzene rings is 4. The predicted octanol–water partition coefficient (Wildman–Crippen LogP) is 7.30. The second-order valence-corrected chi connectivity index (χ2v) is 8.87. The maximum absolute atomic E-state index is 13.4. The summed E-state index contributed by atoms with van der Waals surface area (Å²) < 4.78 is 6.34. The molecule has 0 radical (unpaired) electrons. The van der Waals surface area contributed by atoms with Crippen LogP contribution in [-0.2, 0) is 0 Å². The van der Waals surface area contributed by atoms with E-state index in [4.69, 9.17) is 9.40 Å². The van der Waals surface area contributed by atoms with E-state index >= 15 is 0 Å². The number of oxazole rings is 1. The number of carbonyl (C=O) groups is 1.